The van der Waals surface area contributed by atoms with E-state index in [2.05, 4.69) is 35.9 Å². The van der Waals surface area contributed by atoms with Crippen LogP contribution in [0.4, 0.5) is 4.32 Å². The summed E-state index contributed by atoms with van der Waals surface area (Å²) in [5.74, 6) is -2.55. The number of nitrogens with zero attached hydrogens (tertiary/aromatic N) is 2. The highest BCUT2D eigenvalue weighted by atomic mass is 32.2. The van der Waals surface area contributed by atoms with E-state index in [0.717, 1.165) is 11.1 Å². The molecule has 2 aliphatic rings. The number of aliphatic carboxylic acids is 1. The number of β-lactam (4-membered cyclic amide) rings is 1. The average Bonchev–Trinajstić information content (AvgIpc) is 2.58. The Morgan fingerprint density at radius 1 is 1.60 bits per heavy atom. The Hall–Kier alpha value is -1.56. The fourth-order valence-corrected chi connectivity index (χ4v) is 4.47. The molecule has 3 atom stereocenters. The normalized spacial score (nSPS) is 25.3. The smallest absolute Gasteiger partial charge is 0.420 e. The number of nitrogens with one attached hydrogen (secondary N) is 1. The summed E-state index contributed by atoms with van der Waals surface area (Å²) in [7, 11) is 6.28. The van der Waals surface area contributed by atoms with Crippen molar-refractivity contribution in [1.29, 1.82) is 0 Å². The van der Waals surface area contributed by atoms with Crippen LogP contribution in [-0.4, -0.2) is 72.7 Å². The number of fused-ring (bicyclic) bond motifs is 1. The molecule has 14 heteroatoms. The van der Waals surface area contributed by atoms with Crippen LogP contribution in [0.5, 0.6) is 0 Å². The predicted molar refractivity (Wildman–Crippen MR) is 95.0 cm³/mol. The molecule has 0 bridgehead atoms. The van der Waals surface area contributed by atoms with Crippen LogP contribution >= 0.6 is 24.4 Å². The molecule has 2 heterocycles. The summed E-state index contributed by atoms with van der Waals surface area (Å²) in [6.07, 6.45) is 1.28. The van der Waals surface area contributed by atoms with Gasteiger partial charge in [-0.05, 0) is 12.0 Å². The molecule has 2 rings (SSSR count). The van der Waals surface area contributed by atoms with E-state index in [1.807, 2.05) is 0 Å². The number of rotatable bonds is 8. The third-order valence-electron chi connectivity index (χ3n) is 3.56. The lowest BCUT2D eigenvalue weighted by Crippen LogP contribution is -2.71. The lowest BCUT2D eigenvalue weighted by Gasteiger charge is -2.50. The number of carbonyl (C=O) groups is 3. The van der Waals surface area contributed by atoms with Crippen molar-refractivity contribution in [2.45, 2.75) is 28.7 Å². The number of oxime groups is 1. The van der Waals surface area contributed by atoms with Crippen molar-refractivity contribution in [3.05, 3.63) is 11.3 Å². The van der Waals surface area contributed by atoms with Gasteiger partial charge in [0, 0.05) is 0 Å². The van der Waals surface area contributed by atoms with Crippen LogP contribution in [0.3, 0.4) is 0 Å². The van der Waals surface area contributed by atoms with E-state index < -0.39 is 33.8 Å². The quantitative estimate of drug-likeness (QED) is 0.126. The maximum absolute atomic E-state index is 12.3. The molecule has 0 aromatic heterocycles. The minimum Gasteiger partial charge on any atom is -0.480 e. The number of thioether (sulfide) groups is 1. The first-order valence-electron chi connectivity index (χ1n) is 7.00. The molecule has 0 aliphatic carbocycles. The molecule has 0 aromatic rings. The van der Waals surface area contributed by atoms with Gasteiger partial charge in [-0.15, -0.1) is 16.9 Å². The molecule has 4 radical (unpaired) electrons. The van der Waals surface area contributed by atoms with Gasteiger partial charge in [-0.2, -0.15) is 12.6 Å². The summed E-state index contributed by atoms with van der Waals surface area (Å²) in [5, 5.41) is 14.3. The number of halogens is 1. The Bertz CT molecular complexity index is 638. The molecule has 1 fully saturated rings. The van der Waals surface area contributed by atoms with Crippen molar-refractivity contribution in [1.82, 2.24) is 10.2 Å². The number of carboxylic acid groups (broad SMARTS) is 1. The van der Waals surface area contributed by atoms with Crippen molar-refractivity contribution in [3.8, 4) is 0 Å². The number of carbonyl (C=O) groups excluding carboxylic acids is 2. The number of hydrogen-bond donors (Lipinski definition) is 3. The van der Waals surface area contributed by atoms with Crippen LogP contribution in [0.1, 0.15) is 6.42 Å². The molecule has 0 aromatic carbocycles. The molecule has 0 spiro atoms. The maximum atomic E-state index is 12.3. The van der Waals surface area contributed by atoms with Gasteiger partial charge in [0.05, 0.1) is 4.58 Å². The number of hydrogen-bond acceptors (Lipinski definition) is 7. The Morgan fingerprint density at radius 3 is 2.92 bits per heavy atom. The van der Waals surface area contributed by atoms with Gasteiger partial charge in [0.2, 0.25) is 0 Å². The lowest BCUT2D eigenvalue weighted by atomic mass is 9.49. The van der Waals surface area contributed by atoms with Gasteiger partial charge in [-0.3, -0.25) is 14.5 Å². The molecule has 2 amide bonds. The second kappa shape index (κ2) is 8.70. The molecule has 2 aliphatic heterocycles. The van der Waals surface area contributed by atoms with E-state index in [1.165, 1.54) is 18.9 Å². The number of thiol groups is 1. The Labute approximate surface area is 155 Å². The van der Waals surface area contributed by atoms with Crippen molar-refractivity contribution in [3.63, 3.8) is 0 Å². The van der Waals surface area contributed by atoms with Gasteiger partial charge in [0.1, 0.15) is 30.5 Å². The second-order valence-electron chi connectivity index (χ2n) is 4.99. The summed E-state index contributed by atoms with van der Waals surface area (Å²) >= 11 is 5.59. The third kappa shape index (κ3) is 4.17. The highest BCUT2D eigenvalue weighted by Gasteiger charge is 2.55. The molecule has 2 N–H and O–H groups in total. The highest BCUT2D eigenvalue weighted by molar-refractivity contribution is 8.11. The van der Waals surface area contributed by atoms with Crippen molar-refractivity contribution >= 4 is 71.1 Å². The van der Waals surface area contributed by atoms with Gasteiger partial charge in [0.15, 0.2) is 0 Å². The van der Waals surface area contributed by atoms with Crippen molar-refractivity contribution in [2.24, 2.45) is 5.16 Å². The monoisotopic (exact) mass is 381 g/mol. The van der Waals surface area contributed by atoms with E-state index in [9.17, 15) is 23.8 Å². The second-order valence-corrected chi connectivity index (χ2v) is 7.09. The zero-order chi connectivity index (χ0) is 18.6. The van der Waals surface area contributed by atoms with Crippen molar-refractivity contribution < 1.29 is 28.6 Å². The molecule has 128 valence electrons. The zero-order valence-corrected chi connectivity index (χ0v) is 14.4. The van der Waals surface area contributed by atoms with E-state index in [1.54, 1.807) is 0 Å². The highest BCUT2D eigenvalue weighted by Crippen LogP contribution is 2.46. The van der Waals surface area contributed by atoms with E-state index in [0.29, 0.717) is 13.0 Å². The van der Waals surface area contributed by atoms with Crippen LogP contribution in [-0.2, 0) is 19.1 Å². The zero-order valence-electron chi connectivity index (χ0n) is 12.7. The van der Waals surface area contributed by atoms with Gasteiger partial charge < -0.3 is 19.5 Å². The fraction of sp³-hybridized carbons (Fsp3) is 0.455. The van der Waals surface area contributed by atoms with Gasteiger partial charge in [-0.25, -0.2) is 4.79 Å². The fourth-order valence-electron chi connectivity index (χ4n) is 2.51. The van der Waals surface area contributed by atoms with Gasteiger partial charge in [0.25, 0.3) is 11.8 Å². The molecular weight excluding hydrogens is 370 g/mol. The maximum Gasteiger partial charge on any atom is 0.420 e. The largest absolute Gasteiger partial charge is 0.480 e. The number of carboxylic acids is 1. The summed E-state index contributed by atoms with van der Waals surface area (Å²) in [6.45, 7) is 0. The lowest BCUT2D eigenvalue weighted by molar-refractivity contribution is -0.150. The summed E-state index contributed by atoms with van der Waals surface area (Å²) in [4.78, 5) is 36.6. The first kappa shape index (κ1) is 19.8. The number of amides is 2. The topological polar surface area (TPSA) is 108 Å². The Kier molecular flexibility index (Phi) is 6.88. The Balaban J connectivity index is 2.18. The average molecular weight is 381 g/mol. The van der Waals surface area contributed by atoms with Crippen LogP contribution in [0.15, 0.2) is 16.4 Å². The summed E-state index contributed by atoms with van der Waals surface area (Å²) in [5.41, 5.74) is 0.247. The third-order valence-corrected chi connectivity index (χ3v) is 5.54. The van der Waals surface area contributed by atoms with Crippen LogP contribution < -0.4 is 5.32 Å². The molecule has 25 heavy (non-hydrogen) atoms. The molecule has 8 nitrogen and oxygen atoms in total. The SMILES string of the molecule is [B]O/N=C\C(=O)NC1C(=O)N2C(C(=O)O)=C(CC[B][B]F)C(S)SC12. The minimum absolute atomic E-state index is 0.175. The van der Waals surface area contributed by atoms with Gasteiger partial charge in [-0.1, -0.05) is 6.32 Å². The molecule has 0 saturated carbocycles. The van der Waals surface area contributed by atoms with Crippen LogP contribution in [0.25, 0.3) is 0 Å². The molecule has 3 unspecified atom stereocenters. The Morgan fingerprint density at radius 2 is 2.32 bits per heavy atom. The molecule has 1 saturated heterocycles. The summed E-state index contributed by atoms with van der Waals surface area (Å²) < 4.78 is 15.5. The first-order valence-corrected chi connectivity index (χ1v) is 8.46. The minimum atomic E-state index is -1.28. The van der Waals surface area contributed by atoms with Crippen LogP contribution in [0, 0.1) is 0 Å². The van der Waals surface area contributed by atoms with E-state index in [-0.39, 0.29) is 18.4 Å². The predicted octanol–water partition coefficient (Wildman–Crippen LogP) is -0.917. The van der Waals surface area contributed by atoms with E-state index in [4.69, 9.17) is 0 Å². The van der Waals surface area contributed by atoms with E-state index >= 15 is 0 Å². The van der Waals surface area contributed by atoms with Gasteiger partial charge >= 0.3 is 21.5 Å². The first-order chi connectivity index (χ1) is 11.9. The van der Waals surface area contributed by atoms with Crippen molar-refractivity contribution in [2.75, 3.05) is 0 Å². The van der Waals surface area contributed by atoms with Crippen LogP contribution in [0.2, 0.25) is 6.32 Å². The standard InChI is InChI=1S/C11H11B3FN3O5S2/c12-23-16-3-5(19)17-6-8(20)18-7(10(21)22)4(1-2-13-14-15)11(24)25-9(6)18/h3,6,9,11,24H,1-2H2,(H,17,19)(H,21,22)/b16-3-. The molecular formula is C11H11B3FN3O5S2. The summed E-state index contributed by atoms with van der Waals surface area (Å²) in [6, 6.07) is -0.919.